The maximum absolute atomic E-state index is 9.73. The van der Waals surface area contributed by atoms with Crippen molar-refractivity contribution in [1.82, 2.24) is 0 Å². The lowest BCUT2D eigenvalue weighted by atomic mass is 9.75. The van der Waals surface area contributed by atoms with Crippen LogP contribution in [0.3, 0.4) is 0 Å². The summed E-state index contributed by atoms with van der Waals surface area (Å²) in [5.41, 5.74) is -0.931. The first-order valence-corrected chi connectivity index (χ1v) is 8.30. The molecule has 0 aliphatic heterocycles. The van der Waals surface area contributed by atoms with Gasteiger partial charge in [-0.1, -0.05) is 27.2 Å². The van der Waals surface area contributed by atoms with Gasteiger partial charge in [0.2, 0.25) is 0 Å². The van der Waals surface area contributed by atoms with Gasteiger partial charge in [-0.15, -0.1) is 0 Å². The van der Waals surface area contributed by atoms with Crippen molar-refractivity contribution in [2.75, 3.05) is 13.2 Å². The van der Waals surface area contributed by atoms with E-state index in [0.29, 0.717) is 24.4 Å². The van der Waals surface area contributed by atoms with Crippen LogP contribution in [0.25, 0.3) is 0 Å². The van der Waals surface area contributed by atoms with Crippen LogP contribution >= 0.6 is 0 Å². The Kier molecular flexibility index (Phi) is 7.49. The molecule has 3 nitrogen and oxygen atoms in total. The monoisotopic (exact) mass is 286 g/mol. The van der Waals surface area contributed by atoms with Crippen molar-refractivity contribution in [3.63, 3.8) is 0 Å². The van der Waals surface area contributed by atoms with Crippen molar-refractivity contribution in [2.45, 2.75) is 77.9 Å². The summed E-state index contributed by atoms with van der Waals surface area (Å²) in [4.78, 5) is 0. The van der Waals surface area contributed by atoms with Gasteiger partial charge in [-0.2, -0.15) is 0 Å². The van der Waals surface area contributed by atoms with Crippen molar-refractivity contribution < 1.29 is 14.9 Å². The summed E-state index contributed by atoms with van der Waals surface area (Å²) >= 11 is 0. The SMILES string of the molecule is CC1CCC(C(C)C)C(OCCCCC(C)(O)CO)C1. The second-order valence-electron chi connectivity index (χ2n) is 7.35. The molecule has 1 fully saturated rings. The van der Waals surface area contributed by atoms with Crippen LogP contribution in [0.15, 0.2) is 0 Å². The van der Waals surface area contributed by atoms with E-state index >= 15 is 0 Å². The van der Waals surface area contributed by atoms with Gasteiger partial charge in [0.15, 0.2) is 0 Å². The molecule has 1 rings (SSSR count). The Balaban J connectivity index is 2.25. The first kappa shape index (κ1) is 17.9. The third-order valence-corrected chi connectivity index (χ3v) is 4.74. The first-order valence-electron chi connectivity index (χ1n) is 8.30. The van der Waals surface area contributed by atoms with Crippen molar-refractivity contribution in [3.05, 3.63) is 0 Å². The van der Waals surface area contributed by atoms with Crippen LogP contribution in [0, 0.1) is 17.8 Å². The highest BCUT2D eigenvalue weighted by Gasteiger charge is 2.31. The first-order chi connectivity index (χ1) is 9.35. The molecule has 120 valence electrons. The highest BCUT2D eigenvalue weighted by atomic mass is 16.5. The van der Waals surface area contributed by atoms with Crippen LogP contribution in [0.5, 0.6) is 0 Å². The van der Waals surface area contributed by atoms with E-state index in [1.807, 2.05) is 0 Å². The predicted molar refractivity (Wildman–Crippen MR) is 82.6 cm³/mol. The molecule has 0 spiro atoms. The fourth-order valence-corrected chi connectivity index (χ4v) is 3.23. The van der Waals surface area contributed by atoms with Gasteiger partial charge in [-0.25, -0.2) is 0 Å². The van der Waals surface area contributed by atoms with Gasteiger partial charge < -0.3 is 14.9 Å². The van der Waals surface area contributed by atoms with E-state index in [0.717, 1.165) is 25.4 Å². The number of rotatable bonds is 8. The molecule has 1 aliphatic carbocycles. The van der Waals surface area contributed by atoms with Gasteiger partial charge in [0.1, 0.15) is 0 Å². The molecule has 20 heavy (non-hydrogen) atoms. The highest BCUT2D eigenvalue weighted by Crippen LogP contribution is 2.35. The van der Waals surface area contributed by atoms with Crippen molar-refractivity contribution in [3.8, 4) is 0 Å². The van der Waals surface area contributed by atoms with Crippen LogP contribution < -0.4 is 0 Å². The van der Waals surface area contributed by atoms with Crippen LogP contribution in [0.4, 0.5) is 0 Å². The average molecular weight is 286 g/mol. The number of hydrogen-bond donors (Lipinski definition) is 2. The van der Waals surface area contributed by atoms with E-state index in [4.69, 9.17) is 9.84 Å². The number of aliphatic hydroxyl groups excluding tert-OH is 1. The Morgan fingerprint density at radius 1 is 1.25 bits per heavy atom. The largest absolute Gasteiger partial charge is 0.393 e. The molecule has 0 radical (unpaired) electrons. The maximum atomic E-state index is 9.73. The molecule has 0 aromatic rings. The molecule has 4 atom stereocenters. The summed E-state index contributed by atoms with van der Waals surface area (Å²) in [5.74, 6) is 2.18. The second-order valence-corrected chi connectivity index (χ2v) is 7.35. The maximum Gasteiger partial charge on any atom is 0.0849 e. The fraction of sp³-hybridized carbons (Fsp3) is 1.00. The lowest BCUT2D eigenvalue weighted by molar-refractivity contribution is -0.0430. The van der Waals surface area contributed by atoms with E-state index in [1.54, 1.807) is 6.92 Å². The molecule has 0 aromatic heterocycles. The summed E-state index contributed by atoms with van der Waals surface area (Å²) < 4.78 is 6.13. The Bertz CT molecular complexity index is 263. The smallest absolute Gasteiger partial charge is 0.0849 e. The minimum absolute atomic E-state index is 0.163. The van der Waals surface area contributed by atoms with Crippen LogP contribution in [-0.2, 0) is 4.74 Å². The van der Waals surface area contributed by atoms with E-state index in [2.05, 4.69) is 20.8 Å². The quantitative estimate of drug-likeness (QED) is 0.673. The Labute approximate surface area is 124 Å². The van der Waals surface area contributed by atoms with E-state index in [-0.39, 0.29) is 6.61 Å². The molecule has 0 aromatic carbocycles. The standard InChI is InChI=1S/C17H34O3/c1-13(2)15-8-7-14(3)11-16(15)20-10-6-5-9-17(4,19)12-18/h13-16,18-19H,5-12H2,1-4H3. The summed E-state index contributed by atoms with van der Waals surface area (Å²) in [6, 6.07) is 0. The zero-order chi connectivity index (χ0) is 15.2. The molecular weight excluding hydrogens is 252 g/mol. The third-order valence-electron chi connectivity index (χ3n) is 4.74. The van der Waals surface area contributed by atoms with E-state index < -0.39 is 5.60 Å². The second kappa shape index (κ2) is 8.35. The van der Waals surface area contributed by atoms with Crippen molar-refractivity contribution >= 4 is 0 Å². The Morgan fingerprint density at radius 2 is 1.95 bits per heavy atom. The molecule has 2 N–H and O–H groups in total. The van der Waals surface area contributed by atoms with Crippen LogP contribution in [0.1, 0.15) is 66.2 Å². The molecule has 1 aliphatic rings. The van der Waals surface area contributed by atoms with Gasteiger partial charge in [-0.05, 0) is 56.8 Å². The van der Waals surface area contributed by atoms with E-state index in [1.165, 1.54) is 19.3 Å². The number of aliphatic hydroxyl groups is 2. The summed E-state index contributed by atoms with van der Waals surface area (Å²) in [7, 11) is 0. The van der Waals surface area contributed by atoms with Crippen molar-refractivity contribution in [2.24, 2.45) is 17.8 Å². The van der Waals surface area contributed by atoms with Crippen LogP contribution in [-0.4, -0.2) is 35.1 Å². The minimum Gasteiger partial charge on any atom is -0.393 e. The Hall–Kier alpha value is -0.120. The minimum atomic E-state index is -0.931. The zero-order valence-electron chi connectivity index (χ0n) is 13.8. The van der Waals surface area contributed by atoms with Gasteiger partial charge in [0, 0.05) is 6.61 Å². The molecule has 0 bridgehead atoms. The molecule has 1 saturated carbocycles. The predicted octanol–water partition coefficient (Wildman–Crippen LogP) is 3.38. The molecule has 4 unspecified atom stereocenters. The van der Waals surface area contributed by atoms with Crippen LogP contribution in [0.2, 0.25) is 0 Å². The lowest BCUT2D eigenvalue weighted by Gasteiger charge is -2.37. The van der Waals surface area contributed by atoms with Gasteiger partial charge in [0.05, 0.1) is 18.3 Å². The summed E-state index contributed by atoms with van der Waals surface area (Å²) in [6.45, 7) is 9.23. The Morgan fingerprint density at radius 3 is 2.55 bits per heavy atom. The highest BCUT2D eigenvalue weighted by molar-refractivity contribution is 4.81. The molecule has 0 heterocycles. The molecule has 3 heteroatoms. The molecular formula is C17H34O3. The third kappa shape index (κ3) is 6.11. The topological polar surface area (TPSA) is 49.7 Å². The van der Waals surface area contributed by atoms with Gasteiger partial charge >= 0.3 is 0 Å². The average Bonchev–Trinajstić information content (AvgIpc) is 2.38. The normalized spacial score (nSPS) is 30.4. The number of unbranched alkanes of at least 4 members (excludes halogenated alkanes) is 1. The fourth-order valence-electron chi connectivity index (χ4n) is 3.23. The number of hydrogen-bond acceptors (Lipinski definition) is 3. The molecule has 0 saturated heterocycles. The summed E-state index contributed by atoms with van der Waals surface area (Å²) in [6.07, 6.45) is 6.74. The van der Waals surface area contributed by atoms with E-state index in [9.17, 15) is 5.11 Å². The number of ether oxygens (including phenoxy) is 1. The summed E-state index contributed by atoms with van der Waals surface area (Å²) in [5, 5.41) is 18.7. The van der Waals surface area contributed by atoms with Gasteiger partial charge in [-0.3, -0.25) is 0 Å². The lowest BCUT2D eigenvalue weighted by Crippen LogP contribution is -2.34. The molecule has 0 amide bonds. The van der Waals surface area contributed by atoms with Crippen molar-refractivity contribution in [1.29, 1.82) is 0 Å². The van der Waals surface area contributed by atoms with Gasteiger partial charge in [0.25, 0.3) is 0 Å². The zero-order valence-corrected chi connectivity index (χ0v) is 13.8.